The fourth-order valence-electron chi connectivity index (χ4n) is 1.82. The maximum Gasteiger partial charge on any atom is 0.347 e. The molecule has 0 saturated carbocycles. The molecule has 0 atom stereocenters. The number of hydrogen-bond donors (Lipinski definition) is 1. The van der Waals surface area contributed by atoms with Gasteiger partial charge in [-0.2, -0.15) is 0 Å². The first-order valence-corrected chi connectivity index (χ1v) is 7.12. The van der Waals surface area contributed by atoms with E-state index < -0.39 is 5.97 Å². The van der Waals surface area contributed by atoms with Crippen molar-refractivity contribution in [1.82, 2.24) is 4.98 Å². The molecule has 0 unspecified atom stereocenters. The van der Waals surface area contributed by atoms with Crippen molar-refractivity contribution in [3.8, 4) is 0 Å². The van der Waals surface area contributed by atoms with Gasteiger partial charge in [0.05, 0.1) is 17.8 Å². The average Bonchev–Trinajstić information content (AvgIpc) is 2.74. The van der Waals surface area contributed by atoms with Crippen molar-refractivity contribution >= 4 is 23.3 Å². The fourth-order valence-corrected chi connectivity index (χ4v) is 2.63. The van der Waals surface area contributed by atoms with Crippen LogP contribution in [0, 0.1) is 6.92 Å². The summed E-state index contributed by atoms with van der Waals surface area (Å²) in [6, 6.07) is 0. The number of aryl methyl sites for hydroxylation is 2. The van der Waals surface area contributed by atoms with Crippen molar-refractivity contribution < 1.29 is 19.4 Å². The zero-order valence-corrected chi connectivity index (χ0v) is 12.1. The third-order valence-electron chi connectivity index (χ3n) is 2.77. The summed E-state index contributed by atoms with van der Waals surface area (Å²) in [4.78, 5) is 26.5. The number of hydrogen-bond acceptors (Lipinski definition) is 5. The zero-order valence-electron chi connectivity index (χ0n) is 11.3. The number of carbonyl (C=O) groups is 2. The van der Waals surface area contributed by atoms with Crippen LogP contribution in [0.5, 0.6) is 0 Å². The number of aromatic carboxylic acids is 1. The number of nitrogens with zero attached hydrogens (tertiary/aromatic N) is 1. The fraction of sp³-hybridized carbons (Fsp3) is 0.615. The molecule has 0 amide bonds. The molecule has 5 nitrogen and oxygen atoms in total. The predicted molar refractivity (Wildman–Crippen MR) is 72.6 cm³/mol. The van der Waals surface area contributed by atoms with Crippen LogP contribution < -0.4 is 0 Å². The van der Waals surface area contributed by atoms with Crippen molar-refractivity contribution in [1.29, 1.82) is 0 Å². The highest BCUT2D eigenvalue weighted by molar-refractivity contribution is 7.13. The average molecular weight is 285 g/mol. The van der Waals surface area contributed by atoms with Crippen LogP contribution >= 0.6 is 11.3 Å². The van der Waals surface area contributed by atoms with Crippen LogP contribution in [0.3, 0.4) is 0 Å². The first-order valence-electron chi connectivity index (χ1n) is 6.31. The minimum atomic E-state index is -0.897. The van der Waals surface area contributed by atoms with Crippen molar-refractivity contribution in [2.45, 2.75) is 45.4 Å². The van der Waals surface area contributed by atoms with Crippen LogP contribution in [-0.4, -0.2) is 29.1 Å². The maximum absolute atomic E-state index is 11.0. The predicted octanol–water partition coefficient (Wildman–Crippen LogP) is 2.82. The zero-order chi connectivity index (χ0) is 14.3. The molecule has 1 rings (SSSR count). The summed E-state index contributed by atoms with van der Waals surface area (Å²) in [7, 11) is 1.39. The van der Waals surface area contributed by atoms with E-state index in [1.165, 1.54) is 18.4 Å². The molecular formula is C13H19NO4S. The third kappa shape index (κ3) is 5.38. The monoisotopic (exact) mass is 285 g/mol. The van der Waals surface area contributed by atoms with Crippen LogP contribution in [0.15, 0.2) is 0 Å². The van der Waals surface area contributed by atoms with E-state index >= 15 is 0 Å². The summed E-state index contributed by atoms with van der Waals surface area (Å²) >= 11 is 1.23. The van der Waals surface area contributed by atoms with Crippen LogP contribution in [0.1, 0.15) is 52.5 Å². The van der Waals surface area contributed by atoms with Crippen molar-refractivity contribution in [3.05, 3.63) is 15.6 Å². The van der Waals surface area contributed by atoms with Crippen LogP contribution in [0.2, 0.25) is 0 Å². The SMILES string of the molecule is COC(=O)CCCCCCc1nc(C)sc1C(=O)O. The molecule has 1 aromatic rings. The normalized spacial score (nSPS) is 10.4. The van der Waals surface area contributed by atoms with Crippen LogP contribution in [0.25, 0.3) is 0 Å². The minimum Gasteiger partial charge on any atom is -0.477 e. The van der Waals surface area contributed by atoms with Crippen molar-refractivity contribution in [3.63, 3.8) is 0 Å². The molecule has 0 aliphatic heterocycles. The van der Waals surface area contributed by atoms with Gasteiger partial charge in [-0.15, -0.1) is 11.3 Å². The molecule has 0 spiro atoms. The Balaban J connectivity index is 2.26. The molecule has 0 aromatic carbocycles. The number of methoxy groups -OCH3 is 1. The Morgan fingerprint density at radius 3 is 2.58 bits per heavy atom. The Bertz CT molecular complexity index is 442. The molecule has 106 valence electrons. The second-order valence-electron chi connectivity index (χ2n) is 4.30. The number of carboxylic acids is 1. The van der Waals surface area contributed by atoms with Gasteiger partial charge in [0, 0.05) is 6.42 Å². The Morgan fingerprint density at radius 2 is 1.95 bits per heavy atom. The molecule has 19 heavy (non-hydrogen) atoms. The van der Waals surface area contributed by atoms with E-state index in [1.54, 1.807) is 0 Å². The lowest BCUT2D eigenvalue weighted by Gasteiger charge is -2.01. The van der Waals surface area contributed by atoms with Gasteiger partial charge in [0.25, 0.3) is 0 Å². The number of unbranched alkanes of at least 4 members (excludes halogenated alkanes) is 3. The van der Waals surface area contributed by atoms with Gasteiger partial charge in [0.2, 0.25) is 0 Å². The molecule has 6 heteroatoms. The molecule has 0 aliphatic carbocycles. The highest BCUT2D eigenvalue weighted by Gasteiger charge is 2.14. The number of esters is 1. The van der Waals surface area contributed by atoms with Gasteiger partial charge in [0.15, 0.2) is 0 Å². The summed E-state index contributed by atoms with van der Waals surface area (Å²) in [5.41, 5.74) is 0.683. The van der Waals surface area contributed by atoms with Gasteiger partial charge in [-0.25, -0.2) is 9.78 Å². The highest BCUT2D eigenvalue weighted by Crippen LogP contribution is 2.20. The molecule has 0 aliphatic rings. The largest absolute Gasteiger partial charge is 0.477 e. The second-order valence-corrected chi connectivity index (χ2v) is 5.51. The summed E-state index contributed by atoms with van der Waals surface area (Å²) in [5, 5.41) is 9.82. The van der Waals surface area contributed by atoms with E-state index in [0.29, 0.717) is 23.4 Å². The van der Waals surface area contributed by atoms with Gasteiger partial charge in [-0.1, -0.05) is 12.8 Å². The minimum absolute atomic E-state index is 0.178. The summed E-state index contributed by atoms with van der Waals surface area (Å²) in [6.07, 6.45) is 4.75. The van der Waals surface area contributed by atoms with E-state index in [4.69, 9.17) is 5.11 Å². The Kier molecular flexibility index (Phi) is 6.49. The van der Waals surface area contributed by atoms with Gasteiger partial charge in [-0.05, 0) is 26.2 Å². The Labute approximate surface area is 116 Å². The summed E-state index contributed by atoms with van der Waals surface area (Å²) in [5.74, 6) is -1.07. The molecule has 0 saturated heterocycles. The van der Waals surface area contributed by atoms with Crippen molar-refractivity contribution in [2.75, 3.05) is 7.11 Å². The van der Waals surface area contributed by atoms with E-state index in [0.717, 1.165) is 30.7 Å². The van der Waals surface area contributed by atoms with Crippen LogP contribution in [0.4, 0.5) is 0 Å². The first kappa shape index (κ1) is 15.6. The summed E-state index contributed by atoms with van der Waals surface area (Å²) < 4.78 is 4.56. The molecule has 0 radical (unpaired) electrons. The Hall–Kier alpha value is -1.43. The number of carboxylic acid groups (broad SMARTS) is 1. The number of aromatic nitrogens is 1. The molecular weight excluding hydrogens is 266 g/mol. The van der Waals surface area contributed by atoms with Gasteiger partial charge < -0.3 is 9.84 Å². The van der Waals surface area contributed by atoms with Gasteiger partial charge in [-0.3, -0.25) is 4.79 Å². The topological polar surface area (TPSA) is 76.5 Å². The number of carbonyl (C=O) groups excluding carboxylic acids is 1. The quantitative estimate of drug-likeness (QED) is 0.587. The lowest BCUT2D eigenvalue weighted by Crippen LogP contribution is -2.00. The number of ether oxygens (including phenoxy) is 1. The lowest BCUT2D eigenvalue weighted by atomic mass is 10.1. The smallest absolute Gasteiger partial charge is 0.347 e. The molecule has 1 N–H and O–H groups in total. The first-order chi connectivity index (χ1) is 9.04. The van der Waals surface area contributed by atoms with Gasteiger partial charge >= 0.3 is 11.9 Å². The second kappa shape index (κ2) is 7.89. The molecule has 0 fully saturated rings. The lowest BCUT2D eigenvalue weighted by molar-refractivity contribution is -0.140. The van der Waals surface area contributed by atoms with Crippen molar-refractivity contribution in [2.24, 2.45) is 0 Å². The maximum atomic E-state index is 11.0. The van der Waals surface area contributed by atoms with E-state index in [-0.39, 0.29) is 5.97 Å². The summed E-state index contributed by atoms with van der Waals surface area (Å²) in [6.45, 7) is 1.82. The molecule has 1 heterocycles. The molecule has 1 aromatic heterocycles. The standard InChI is InChI=1S/C13H19NO4S/c1-9-14-10(12(19-9)13(16)17)7-5-3-4-6-8-11(15)18-2/h3-8H2,1-2H3,(H,16,17). The highest BCUT2D eigenvalue weighted by atomic mass is 32.1. The van der Waals surface area contributed by atoms with E-state index in [1.807, 2.05) is 6.92 Å². The number of rotatable bonds is 8. The van der Waals surface area contributed by atoms with Gasteiger partial charge in [0.1, 0.15) is 4.88 Å². The molecule has 0 bridgehead atoms. The number of thiazole rings is 1. The van der Waals surface area contributed by atoms with E-state index in [2.05, 4.69) is 9.72 Å². The van der Waals surface area contributed by atoms with E-state index in [9.17, 15) is 9.59 Å². The third-order valence-corrected chi connectivity index (χ3v) is 3.77. The van der Waals surface area contributed by atoms with Crippen LogP contribution in [-0.2, 0) is 16.0 Å². The Morgan fingerprint density at radius 1 is 1.26 bits per heavy atom.